The standard InChI is InChI=1S/C7H10N2/c1-5-3-9-4-7(8)6(5)2/h3-4H,8H2,1-2H3. The summed E-state index contributed by atoms with van der Waals surface area (Å²) in [5.41, 5.74) is 8.61. The van der Waals surface area contributed by atoms with Gasteiger partial charge in [-0.1, -0.05) is 0 Å². The highest BCUT2D eigenvalue weighted by atomic mass is 14.7. The average molecular weight is 122 g/mol. The Bertz CT molecular complexity index is 198. The smallest absolute Gasteiger partial charge is 0.0532 e. The van der Waals surface area contributed by atoms with Gasteiger partial charge >= 0.3 is 0 Å². The molecular weight excluding hydrogens is 112 g/mol. The van der Waals surface area contributed by atoms with Gasteiger partial charge in [-0.3, -0.25) is 4.98 Å². The first-order valence-electron chi connectivity index (χ1n) is 2.88. The predicted octanol–water partition coefficient (Wildman–Crippen LogP) is 1.28. The minimum atomic E-state index is 0.773. The van der Waals surface area contributed by atoms with E-state index >= 15 is 0 Å². The van der Waals surface area contributed by atoms with Crippen LogP contribution in [0, 0.1) is 13.8 Å². The number of hydrogen-bond donors (Lipinski definition) is 1. The van der Waals surface area contributed by atoms with E-state index in [2.05, 4.69) is 4.98 Å². The maximum atomic E-state index is 5.56. The van der Waals surface area contributed by atoms with Crippen molar-refractivity contribution in [1.29, 1.82) is 0 Å². The molecule has 0 spiro atoms. The van der Waals surface area contributed by atoms with Gasteiger partial charge in [0.05, 0.1) is 11.9 Å². The summed E-state index contributed by atoms with van der Waals surface area (Å²) >= 11 is 0. The van der Waals surface area contributed by atoms with Gasteiger partial charge in [0.1, 0.15) is 0 Å². The summed E-state index contributed by atoms with van der Waals surface area (Å²) in [6, 6.07) is 0. The Morgan fingerprint density at radius 2 is 2.00 bits per heavy atom. The number of nitrogen functional groups attached to an aromatic ring is 1. The molecular formula is C7H10N2. The number of anilines is 1. The minimum Gasteiger partial charge on any atom is -0.397 e. The van der Waals surface area contributed by atoms with E-state index in [1.54, 1.807) is 6.20 Å². The summed E-state index contributed by atoms with van der Waals surface area (Å²) in [7, 11) is 0. The van der Waals surface area contributed by atoms with Crippen molar-refractivity contribution in [3.63, 3.8) is 0 Å². The second-order valence-corrected chi connectivity index (χ2v) is 2.17. The molecule has 1 rings (SSSR count). The van der Waals surface area contributed by atoms with Crippen molar-refractivity contribution in [2.24, 2.45) is 0 Å². The van der Waals surface area contributed by atoms with Crippen LogP contribution < -0.4 is 5.73 Å². The Morgan fingerprint density at radius 1 is 1.33 bits per heavy atom. The molecule has 1 aromatic heterocycles. The van der Waals surface area contributed by atoms with Crippen LogP contribution in [0.5, 0.6) is 0 Å². The number of hydrogen-bond acceptors (Lipinski definition) is 2. The molecule has 1 aromatic rings. The molecule has 0 unspecified atom stereocenters. The van der Waals surface area contributed by atoms with E-state index in [4.69, 9.17) is 5.73 Å². The monoisotopic (exact) mass is 122 g/mol. The van der Waals surface area contributed by atoms with E-state index in [-0.39, 0.29) is 0 Å². The lowest BCUT2D eigenvalue weighted by molar-refractivity contribution is 1.22. The lowest BCUT2D eigenvalue weighted by Gasteiger charge is -1.99. The fraction of sp³-hybridized carbons (Fsp3) is 0.286. The number of rotatable bonds is 0. The second kappa shape index (κ2) is 2.05. The first-order chi connectivity index (χ1) is 4.22. The molecule has 2 nitrogen and oxygen atoms in total. The van der Waals surface area contributed by atoms with Crippen LogP contribution in [0.25, 0.3) is 0 Å². The maximum absolute atomic E-state index is 5.56. The zero-order valence-electron chi connectivity index (χ0n) is 5.68. The molecule has 0 aliphatic heterocycles. The second-order valence-electron chi connectivity index (χ2n) is 2.17. The van der Waals surface area contributed by atoms with E-state index in [1.807, 2.05) is 20.0 Å². The molecule has 9 heavy (non-hydrogen) atoms. The van der Waals surface area contributed by atoms with Crippen LogP contribution >= 0.6 is 0 Å². The lowest BCUT2D eigenvalue weighted by atomic mass is 10.2. The first-order valence-corrected chi connectivity index (χ1v) is 2.88. The molecule has 2 heteroatoms. The Kier molecular flexibility index (Phi) is 1.39. The molecule has 0 bridgehead atoms. The zero-order valence-corrected chi connectivity index (χ0v) is 5.68. The Labute approximate surface area is 54.7 Å². The molecule has 1 heterocycles. The molecule has 0 aromatic carbocycles. The van der Waals surface area contributed by atoms with Gasteiger partial charge < -0.3 is 5.73 Å². The molecule has 48 valence electrons. The highest BCUT2D eigenvalue weighted by Crippen LogP contribution is 2.10. The summed E-state index contributed by atoms with van der Waals surface area (Å²) in [4.78, 5) is 3.92. The van der Waals surface area contributed by atoms with Crippen LogP contribution in [0.3, 0.4) is 0 Å². The average Bonchev–Trinajstić information content (AvgIpc) is 1.83. The van der Waals surface area contributed by atoms with Crippen LogP contribution in [0.4, 0.5) is 5.69 Å². The van der Waals surface area contributed by atoms with Gasteiger partial charge in [-0.2, -0.15) is 0 Å². The third kappa shape index (κ3) is 1.02. The third-order valence-corrected chi connectivity index (χ3v) is 1.51. The van der Waals surface area contributed by atoms with Gasteiger partial charge in [-0.15, -0.1) is 0 Å². The number of aromatic nitrogens is 1. The van der Waals surface area contributed by atoms with Gasteiger partial charge in [0, 0.05) is 6.20 Å². The molecule has 0 saturated carbocycles. The Balaban J connectivity index is 3.25. The predicted molar refractivity (Wildman–Crippen MR) is 38.1 cm³/mol. The Hall–Kier alpha value is -1.05. The summed E-state index contributed by atoms with van der Waals surface area (Å²) < 4.78 is 0. The van der Waals surface area contributed by atoms with Crippen molar-refractivity contribution in [3.05, 3.63) is 23.5 Å². The fourth-order valence-corrected chi connectivity index (χ4v) is 0.651. The van der Waals surface area contributed by atoms with Crippen molar-refractivity contribution in [1.82, 2.24) is 4.98 Å². The van der Waals surface area contributed by atoms with Crippen LogP contribution in [0.2, 0.25) is 0 Å². The molecule has 2 N–H and O–H groups in total. The van der Waals surface area contributed by atoms with E-state index in [0.29, 0.717) is 0 Å². The molecule has 0 atom stereocenters. The minimum absolute atomic E-state index is 0.773. The van der Waals surface area contributed by atoms with Gasteiger partial charge in [-0.05, 0) is 25.0 Å². The van der Waals surface area contributed by atoms with Gasteiger partial charge in [0.25, 0.3) is 0 Å². The van der Waals surface area contributed by atoms with Gasteiger partial charge in [0.2, 0.25) is 0 Å². The summed E-state index contributed by atoms with van der Waals surface area (Å²) in [5, 5.41) is 0. The van der Waals surface area contributed by atoms with Crippen molar-refractivity contribution in [3.8, 4) is 0 Å². The lowest BCUT2D eigenvalue weighted by Crippen LogP contribution is -1.92. The summed E-state index contributed by atoms with van der Waals surface area (Å²) in [6.45, 7) is 3.99. The zero-order chi connectivity index (χ0) is 6.85. The molecule has 0 amide bonds. The largest absolute Gasteiger partial charge is 0.397 e. The highest BCUT2D eigenvalue weighted by molar-refractivity contribution is 5.46. The third-order valence-electron chi connectivity index (χ3n) is 1.51. The SMILES string of the molecule is Cc1cncc(N)c1C. The summed E-state index contributed by atoms with van der Waals surface area (Å²) in [5.74, 6) is 0. The van der Waals surface area contributed by atoms with Crippen molar-refractivity contribution in [2.45, 2.75) is 13.8 Å². The molecule has 0 fully saturated rings. The van der Waals surface area contributed by atoms with Crippen molar-refractivity contribution in [2.75, 3.05) is 5.73 Å². The topological polar surface area (TPSA) is 38.9 Å². The quantitative estimate of drug-likeness (QED) is 0.563. The van der Waals surface area contributed by atoms with E-state index in [1.165, 1.54) is 0 Å². The maximum Gasteiger partial charge on any atom is 0.0532 e. The van der Waals surface area contributed by atoms with E-state index in [0.717, 1.165) is 16.8 Å². The number of nitrogens with zero attached hydrogens (tertiary/aromatic N) is 1. The number of nitrogens with two attached hydrogens (primary N) is 1. The first kappa shape index (κ1) is 6.08. The Morgan fingerprint density at radius 3 is 2.44 bits per heavy atom. The van der Waals surface area contributed by atoms with Crippen molar-refractivity contribution >= 4 is 5.69 Å². The van der Waals surface area contributed by atoms with E-state index < -0.39 is 0 Å². The number of pyridine rings is 1. The van der Waals surface area contributed by atoms with Gasteiger partial charge in [0.15, 0.2) is 0 Å². The molecule has 0 aliphatic carbocycles. The van der Waals surface area contributed by atoms with Crippen LogP contribution in [0.15, 0.2) is 12.4 Å². The fourth-order valence-electron chi connectivity index (χ4n) is 0.651. The van der Waals surface area contributed by atoms with Crippen LogP contribution in [0.1, 0.15) is 11.1 Å². The molecule has 0 saturated heterocycles. The molecule has 0 radical (unpaired) electrons. The van der Waals surface area contributed by atoms with Crippen molar-refractivity contribution < 1.29 is 0 Å². The number of aryl methyl sites for hydroxylation is 1. The normalized spacial score (nSPS) is 9.56. The summed E-state index contributed by atoms with van der Waals surface area (Å²) in [6.07, 6.45) is 3.48. The van der Waals surface area contributed by atoms with Gasteiger partial charge in [-0.25, -0.2) is 0 Å². The molecule has 0 aliphatic rings. The van der Waals surface area contributed by atoms with E-state index in [9.17, 15) is 0 Å². The highest BCUT2D eigenvalue weighted by Gasteiger charge is 1.93. The van der Waals surface area contributed by atoms with Crippen LogP contribution in [-0.2, 0) is 0 Å². The van der Waals surface area contributed by atoms with Crippen LogP contribution in [-0.4, -0.2) is 4.98 Å².